The highest BCUT2D eigenvalue weighted by Gasteiger charge is 2.36. The molecule has 0 bridgehead atoms. The molecule has 92 valence electrons. The van der Waals surface area contributed by atoms with Gasteiger partial charge in [0.2, 0.25) is 0 Å². The molecule has 16 heavy (non-hydrogen) atoms. The molecule has 2 aliphatic rings. The first-order chi connectivity index (χ1) is 7.72. The summed E-state index contributed by atoms with van der Waals surface area (Å²) in [7, 11) is 4.41. The van der Waals surface area contributed by atoms with E-state index in [1.165, 1.54) is 38.5 Å². The van der Waals surface area contributed by atoms with Gasteiger partial charge in [0, 0.05) is 26.3 Å². The molecule has 0 aromatic heterocycles. The van der Waals surface area contributed by atoms with Gasteiger partial charge in [-0.15, -0.1) is 0 Å². The van der Waals surface area contributed by atoms with Crippen molar-refractivity contribution in [1.82, 2.24) is 10.0 Å². The average molecular weight is 222 g/mol. The van der Waals surface area contributed by atoms with Crippen LogP contribution in [0, 0.1) is 11.8 Å². The third-order valence-corrected chi connectivity index (χ3v) is 4.23. The minimum atomic E-state index is 1.06. The van der Waals surface area contributed by atoms with E-state index in [9.17, 15) is 0 Å². The summed E-state index contributed by atoms with van der Waals surface area (Å²) in [6.45, 7) is 3.39. The monoisotopic (exact) mass is 222 g/mol. The van der Waals surface area contributed by atoms with Crippen molar-refractivity contribution in [3.8, 4) is 0 Å². The zero-order valence-electron chi connectivity index (χ0n) is 11.1. The molecule has 2 rings (SSSR count). The second-order valence-corrected chi connectivity index (χ2v) is 5.47. The zero-order chi connectivity index (χ0) is 11.5. The van der Waals surface area contributed by atoms with Gasteiger partial charge in [0.25, 0.3) is 0 Å². The van der Waals surface area contributed by atoms with Crippen molar-refractivity contribution in [2.75, 3.05) is 20.6 Å². The summed E-state index contributed by atoms with van der Waals surface area (Å²) >= 11 is 0. The average Bonchev–Trinajstić information content (AvgIpc) is 2.95. The van der Waals surface area contributed by atoms with Crippen LogP contribution in [0.1, 0.15) is 45.4 Å². The van der Waals surface area contributed by atoms with Gasteiger partial charge in [-0.1, -0.05) is 13.0 Å². The Balaban J connectivity index is 1.90. The fraction of sp³-hybridized carbons (Fsp3) is 0.857. The molecule has 0 aromatic carbocycles. The van der Waals surface area contributed by atoms with Crippen molar-refractivity contribution in [3.05, 3.63) is 11.8 Å². The molecule has 0 aliphatic heterocycles. The van der Waals surface area contributed by atoms with Crippen LogP contribution in [0.4, 0.5) is 0 Å². The van der Waals surface area contributed by atoms with Crippen molar-refractivity contribution < 1.29 is 0 Å². The Labute approximate surface area is 100 Å². The van der Waals surface area contributed by atoms with Crippen molar-refractivity contribution in [3.63, 3.8) is 0 Å². The van der Waals surface area contributed by atoms with Crippen LogP contribution in [0.25, 0.3) is 0 Å². The first-order valence-corrected chi connectivity index (χ1v) is 6.86. The van der Waals surface area contributed by atoms with Crippen molar-refractivity contribution in [2.45, 2.75) is 45.4 Å². The molecule has 2 nitrogen and oxygen atoms in total. The van der Waals surface area contributed by atoms with Crippen molar-refractivity contribution >= 4 is 0 Å². The van der Waals surface area contributed by atoms with Crippen LogP contribution in [-0.4, -0.2) is 30.7 Å². The van der Waals surface area contributed by atoms with Gasteiger partial charge in [-0.2, -0.15) is 0 Å². The van der Waals surface area contributed by atoms with Gasteiger partial charge in [-0.25, -0.2) is 5.01 Å². The number of allylic oxidation sites excluding steroid dienone is 2. The van der Waals surface area contributed by atoms with Crippen LogP contribution < -0.4 is 0 Å². The zero-order valence-corrected chi connectivity index (χ0v) is 11.1. The third-order valence-electron chi connectivity index (χ3n) is 4.23. The molecule has 0 N–H and O–H groups in total. The lowest BCUT2D eigenvalue weighted by Gasteiger charge is -2.32. The maximum atomic E-state index is 2.47. The van der Waals surface area contributed by atoms with Gasteiger partial charge in [0.15, 0.2) is 0 Å². The third kappa shape index (κ3) is 2.79. The molecule has 0 aromatic rings. The lowest BCUT2D eigenvalue weighted by atomic mass is 10.0. The highest BCUT2D eigenvalue weighted by atomic mass is 15.6. The smallest absolute Gasteiger partial charge is 0.0253 e. The van der Waals surface area contributed by atoms with E-state index in [1.807, 2.05) is 0 Å². The van der Waals surface area contributed by atoms with Gasteiger partial charge < -0.3 is 5.01 Å². The second-order valence-electron chi connectivity index (χ2n) is 5.47. The minimum Gasteiger partial charge on any atom is -0.314 e. The molecule has 1 fully saturated rings. The summed E-state index contributed by atoms with van der Waals surface area (Å²) in [5.41, 5.74) is 1.54. The van der Waals surface area contributed by atoms with Gasteiger partial charge in [0.1, 0.15) is 0 Å². The van der Waals surface area contributed by atoms with Crippen molar-refractivity contribution in [2.24, 2.45) is 11.8 Å². The summed E-state index contributed by atoms with van der Waals surface area (Å²) in [6.07, 6.45) is 10.6. The number of rotatable bonds is 4. The van der Waals surface area contributed by atoms with Gasteiger partial charge in [0.05, 0.1) is 0 Å². The van der Waals surface area contributed by atoms with E-state index in [-0.39, 0.29) is 0 Å². The van der Waals surface area contributed by atoms with Crippen LogP contribution in [-0.2, 0) is 0 Å². The molecule has 2 aliphatic carbocycles. The highest BCUT2D eigenvalue weighted by Crippen LogP contribution is 2.47. The molecule has 0 spiro atoms. The van der Waals surface area contributed by atoms with E-state index < -0.39 is 0 Å². The topological polar surface area (TPSA) is 6.48 Å². The summed E-state index contributed by atoms with van der Waals surface area (Å²) in [5, 5.41) is 4.71. The summed E-state index contributed by atoms with van der Waals surface area (Å²) in [6, 6.07) is 0. The Kier molecular flexibility index (Phi) is 3.91. The summed E-state index contributed by atoms with van der Waals surface area (Å²) < 4.78 is 0. The van der Waals surface area contributed by atoms with E-state index >= 15 is 0 Å². The first-order valence-electron chi connectivity index (χ1n) is 6.86. The van der Waals surface area contributed by atoms with E-state index in [4.69, 9.17) is 0 Å². The van der Waals surface area contributed by atoms with Crippen LogP contribution >= 0.6 is 0 Å². The number of nitrogens with zero attached hydrogens (tertiary/aromatic N) is 2. The molecular weight excluding hydrogens is 196 g/mol. The summed E-state index contributed by atoms with van der Waals surface area (Å²) in [5.74, 6) is 2.14. The second kappa shape index (κ2) is 5.22. The largest absolute Gasteiger partial charge is 0.314 e. The maximum absolute atomic E-state index is 2.47. The van der Waals surface area contributed by atoms with Crippen molar-refractivity contribution in [1.29, 1.82) is 0 Å². The number of hydrogen-bond donors (Lipinski definition) is 0. The number of hydrogen-bond acceptors (Lipinski definition) is 2. The Morgan fingerprint density at radius 2 is 2.00 bits per heavy atom. The lowest BCUT2D eigenvalue weighted by Crippen LogP contribution is -2.36. The predicted molar refractivity (Wildman–Crippen MR) is 68.8 cm³/mol. The van der Waals surface area contributed by atoms with E-state index in [1.54, 1.807) is 5.70 Å². The molecule has 0 saturated heterocycles. The quantitative estimate of drug-likeness (QED) is 0.674. The van der Waals surface area contributed by atoms with Crippen LogP contribution in [0.2, 0.25) is 0 Å². The van der Waals surface area contributed by atoms with Gasteiger partial charge >= 0.3 is 0 Å². The Hall–Kier alpha value is -0.500. The molecule has 0 amide bonds. The standard InChI is InChI=1S/C14H26N2/c1-4-10-15(2)16(3)14-7-5-6-12-11-13(12)8-9-14/h7,12-13H,4-6,8-11H2,1-3H3/b14-7+. The van der Waals surface area contributed by atoms with Crippen LogP contribution in [0.5, 0.6) is 0 Å². The Bertz CT molecular complexity index is 259. The molecule has 2 atom stereocenters. The summed E-state index contributed by atoms with van der Waals surface area (Å²) in [4.78, 5) is 0. The molecule has 0 heterocycles. The molecule has 0 radical (unpaired) electrons. The fourth-order valence-electron chi connectivity index (χ4n) is 2.90. The first kappa shape index (κ1) is 12.0. The highest BCUT2D eigenvalue weighted by molar-refractivity contribution is 5.04. The Morgan fingerprint density at radius 3 is 2.75 bits per heavy atom. The molecular formula is C14H26N2. The van der Waals surface area contributed by atoms with Gasteiger partial charge in [-0.3, -0.25) is 0 Å². The molecule has 1 saturated carbocycles. The molecule has 2 heteroatoms. The fourth-order valence-corrected chi connectivity index (χ4v) is 2.90. The van der Waals surface area contributed by atoms with Crippen LogP contribution in [0.3, 0.4) is 0 Å². The minimum absolute atomic E-state index is 1.06. The van der Waals surface area contributed by atoms with E-state index in [2.05, 4.69) is 37.1 Å². The maximum Gasteiger partial charge on any atom is 0.0253 e. The normalized spacial score (nSPS) is 32.4. The SMILES string of the molecule is CCCN(C)N(C)/C1=C/CCC2CC2CC1. The predicted octanol–water partition coefficient (Wildman–Crippen LogP) is 3.27. The van der Waals surface area contributed by atoms with E-state index in [0.29, 0.717) is 0 Å². The lowest BCUT2D eigenvalue weighted by molar-refractivity contribution is 0.0594. The van der Waals surface area contributed by atoms with Gasteiger partial charge in [-0.05, 0) is 50.4 Å². The number of hydrazine groups is 1. The Morgan fingerprint density at radius 1 is 1.25 bits per heavy atom. The number of fused-ring (bicyclic) bond motifs is 1. The van der Waals surface area contributed by atoms with E-state index in [0.717, 1.165) is 18.4 Å². The van der Waals surface area contributed by atoms with Crippen LogP contribution in [0.15, 0.2) is 11.8 Å². The molecule has 2 unspecified atom stereocenters.